The molecule has 2 rings (SSSR count). The minimum Gasteiger partial charge on any atom is -0.503 e. The molecule has 0 bridgehead atoms. The molecule has 1 N–H and O–H groups in total. The van der Waals surface area contributed by atoms with Crippen LogP contribution < -0.4 is 4.74 Å². The molecule has 1 amide bonds. The van der Waals surface area contributed by atoms with Gasteiger partial charge in [-0.3, -0.25) is 9.59 Å². The third-order valence-electron chi connectivity index (χ3n) is 4.35. The summed E-state index contributed by atoms with van der Waals surface area (Å²) in [6.07, 6.45) is 0.890. The van der Waals surface area contributed by atoms with Crippen molar-refractivity contribution in [2.75, 3.05) is 27.4 Å². The molecule has 0 aromatic heterocycles. The van der Waals surface area contributed by atoms with Crippen molar-refractivity contribution in [1.29, 1.82) is 0 Å². The SMILES string of the molecule is COCCCN1C(=O)C(O)=C(C(=O)CC(C)C)C1c1cccc(OC)c1. The zero-order valence-electron chi connectivity index (χ0n) is 15.8. The number of carbonyl (C=O) groups excluding carboxylic acids is 2. The fourth-order valence-corrected chi connectivity index (χ4v) is 3.19. The van der Waals surface area contributed by atoms with Gasteiger partial charge in [0.25, 0.3) is 5.91 Å². The van der Waals surface area contributed by atoms with Gasteiger partial charge in [-0.1, -0.05) is 26.0 Å². The molecule has 1 unspecified atom stereocenters. The molecule has 1 aromatic rings. The largest absolute Gasteiger partial charge is 0.503 e. The molecule has 0 spiro atoms. The Kier molecular flexibility index (Phi) is 6.80. The number of aliphatic hydroxyl groups is 1. The molecule has 6 nitrogen and oxygen atoms in total. The van der Waals surface area contributed by atoms with Gasteiger partial charge in [-0.05, 0) is 30.0 Å². The second-order valence-electron chi connectivity index (χ2n) is 6.81. The van der Waals surface area contributed by atoms with Gasteiger partial charge in [-0.2, -0.15) is 0 Å². The predicted molar refractivity (Wildman–Crippen MR) is 98.1 cm³/mol. The van der Waals surface area contributed by atoms with Crippen LogP contribution >= 0.6 is 0 Å². The van der Waals surface area contributed by atoms with Gasteiger partial charge >= 0.3 is 0 Å². The van der Waals surface area contributed by atoms with Crippen molar-refractivity contribution in [3.8, 4) is 5.75 Å². The summed E-state index contributed by atoms with van der Waals surface area (Å²) in [6, 6.07) is 6.63. The van der Waals surface area contributed by atoms with Crippen molar-refractivity contribution in [3.05, 3.63) is 41.2 Å². The molecular weight excluding hydrogens is 334 g/mol. The number of hydrogen-bond donors (Lipinski definition) is 1. The Morgan fingerprint density at radius 2 is 2.04 bits per heavy atom. The van der Waals surface area contributed by atoms with Crippen molar-refractivity contribution < 1.29 is 24.2 Å². The van der Waals surface area contributed by atoms with E-state index in [0.29, 0.717) is 25.3 Å². The Labute approximate surface area is 154 Å². The number of hydrogen-bond acceptors (Lipinski definition) is 5. The Hall–Kier alpha value is -2.34. The fraction of sp³-hybridized carbons (Fsp3) is 0.500. The number of aliphatic hydroxyl groups excluding tert-OH is 1. The molecule has 1 atom stereocenters. The Morgan fingerprint density at radius 3 is 2.65 bits per heavy atom. The zero-order valence-corrected chi connectivity index (χ0v) is 15.8. The zero-order chi connectivity index (χ0) is 19.3. The van der Waals surface area contributed by atoms with E-state index in [1.54, 1.807) is 26.4 Å². The highest BCUT2D eigenvalue weighted by atomic mass is 16.5. The molecule has 0 aliphatic carbocycles. The standard InChI is InChI=1S/C20H27NO5/c1-13(2)11-16(22)17-18(14-7-5-8-15(12-14)26-4)21(9-6-10-25-3)20(24)19(17)23/h5,7-8,12-13,18,23H,6,9-11H2,1-4H3. The second-order valence-corrected chi connectivity index (χ2v) is 6.81. The summed E-state index contributed by atoms with van der Waals surface area (Å²) < 4.78 is 10.3. The van der Waals surface area contributed by atoms with E-state index in [-0.39, 0.29) is 23.7 Å². The van der Waals surface area contributed by atoms with Gasteiger partial charge in [0.15, 0.2) is 11.5 Å². The smallest absolute Gasteiger partial charge is 0.290 e. The van der Waals surface area contributed by atoms with E-state index >= 15 is 0 Å². The fourth-order valence-electron chi connectivity index (χ4n) is 3.19. The summed E-state index contributed by atoms with van der Waals surface area (Å²) in [5.41, 5.74) is 0.917. The average Bonchev–Trinajstić information content (AvgIpc) is 2.86. The van der Waals surface area contributed by atoms with Crippen LogP contribution in [0.1, 0.15) is 38.3 Å². The second kappa shape index (κ2) is 8.85. The highest BCUT2D eigenvalue weighted by molar-refractivity contribution is 6.09. The molecule has 0 radical (unpaired) electrons. The van der Waals surface area contributed by atoms with Gasteiger partial charge in [0.2, 0.25) is 0 Å². The Morgan fingerprint density at radius 1 is 1.31 bits per heavy atom. The highest BCUT2D eigenvalue weighted by Crippen LogP contribution is 2.39. The highest BCUT2D eigenvalue weighted by Gasteiger charge is 2.43. The number of Topliss-reactive ketones (excluding diaryl/α,β-unsaturated/α-hetero) is 1. The third-order valence-corrected chi connectivity index (χ3v) is 4.35. The number of carbonyl (C=O) groups is 2. The topological polar surface area (TPSA) is 76.1 Å². The minimum atomic E-state index is -0.610. The van der Waals surface area contributed by atoms with Crippen LogP contribution in [0, 0.1) is 5.92 Å². The van der Waals surface area contributed by atoms with Gasteiger partial charge in [0.05, 0.1) is 18.7 Å². The van der Waals surface area contributed by atoms with Crippen LogP contribution in [-0.4, -0.2) is 49.1 Å². The lowest BCUT2D eigenvalue weighted by molar-refractivity contribution is -0.129. The molecule has 1 heterocycles. The first-order chi connectivity index (χ1) is 12.4. The molecule has 142 valence electrons. The van der Waals surface area contributed by atoms with Crippen LogP contribution in [0.25, 0.3) is 0 Å². The minimum absolute atomic E-state index is 0.131. The molecule has 1 aliphatic heterocycles. The summed E-state index contributed by atoms with van der Waals surface area (Å²) >= 11 is 0. The lowest BCUT2D eigenvalue weighted by atomic mass is 9.92. The van der Waals surface area contributed by atoms with Gasteiger partial charge < -0.3 is 19.5 Å². The van der Waals surface area contributed by atoms with E-state index in [1.165, 1.54) is 4.90 Å². The number of rotatable bonds is 9. The Bertz CT molecular complexity index is 695. The molecule has 1 aromatic carbocycles. The first kappa shape index (κ1) is 20.0. The van der Waals surface area contributed by atoms with Crippen molar-refractivity contribution >= 4 is 11.7 Å². The van der Waals surface area contributed by atoms with Crippen LogP contribution in [0.5, 0.6) is 5.75 Å². The molecule has 6 heteroatoms. The molecule has 0 saturated heterocycles. The number of methoxy groups -OCH3 is 2. The summed E-state index contributed by atoms with van der Waals surface area (Å²) in [7, 11) is 3.16. The van der Waals surface area contributed by atoms with Crippen LogP contribution in [0.2, 0.25) is 0 Å². The van der Waals surface area contributed by atoms with Gasteiger partial charge in [-0.25, -0.2) is 0 Å². The summed E-state index contributed by atoms with van der Waals surface area (Å²) in [5.74, 6) is -0.393. The molecule has 0 fully saturated rings. The van der Waals surface area contributed by atoms with Crippen LogP contribution in [0.3, 0.4) is 0 Å². The molecule has 0 saturated carbocycles. The van der Waals surface area contributed by atoms with E-state index in [4.69, 9.17) is 9.47 Å². The first-order valence-corrected chi connectivity index (χ1v) is 8.80. The van der Waals surface area contributed by atoms with E-state index < -0.39 is 17.7 Å². The van der Waals surface area contributed by atoms with Crippen molar-refractivity contribution in [2.45, 2.75) is 32.7 Å². The molecule has 26 heavy (non-hydrogen) atoms. The predicted octanol–water partition coefficient (Wildman–Crippen LogP) is 3.04. The van der Waals surface area contributed by atoms with Crippen LogP contribution in [0.15, 0.2) is 35.6 Å². The van der Waals surface area contributed by atoms with Gasteiger partial charge in [0.1, 0.15) is 5.75 Å². The van der Waals surface area contributed by atoms with Crippen LogP contribution in [-0.2, 0) is 14.3 Å². The van der Waals surface area contributed by atoms with Crippen molar-refractivity contribution in [3.63, 3.8) is 0 Å². The van der Waals surface area contributed by atoms with E-state index in [1.807, 2.05) is 26.0 Å². The lowest BCUT2D eigenvalue weighted by Gasteiger charge is -2.27. The number of ketones is 1. The monoisotopic (exact) mass is 361 g/mol. The maximum Gasteiger partial charge on any atom is 0.290 e. The summed E-state index contributed by atoms with van der Waals surface area (Å²) in [6.45, 7) is 4.74. The maximum absolute atomic E-state index is 12.8. The quantitative estimate of drug-likeness (QED) is 0.684. The van der Waals surface area contributed by atoms with E-state index in [2.05, 4.69) is 0 Å². The number of ether oxygens (including phenoxy) is 2. The van der Waals surface area contributed by atoms with Crippen molar-refractivity contribution in [2.24, 2.45) is 5.92 Å². The van der Waals surface area contributed by atoms with Gasteiger partial charge in [0, 0.05) is 26.7 Å². The van der Waals surface area contributed by atoms with E-state index in [0.717, 1.165) is 5.56 Å². The molecule has 1 aliphatic rings. The molecular formula is C20H27NO5. The van der Waals surface area contributed by atoms with Crippen molar-refractivity contribution in [1.82, 2.24) is 4.90 Å². The summed E-state index contributed by atoms with van der Waals surface area (Å²) in [5, 5.41) is 10.4. The lowest BCUT2D eigenvalue weighted by Crippen LogP contribution is -2.32. The average molecular weight is 361 g/mol. The Balaban J connectivity index is 2.44. The first-order valence-electron chi connectivity index (χ1n) is 8.80. The summed E-state index contributed by atoms with van der Waals surface area (Å²) in [4.78, 5) is 26.9. The van der Waals surface area contributed by atoms with E-state index in [9.17, 15) is 14.7 Å². The third kappa shape index (κ3) is 4.25. The van der Waals surface area contributed by atoms with Crippen LogP contribution in [0.4, 0.5) is 0 Å². The number of benzene rings is 1. The maximum atomic E-state index is 12.8. The number of nitrogens with zero attached hydrogens (tertiary/aromatic N) is 1. The van der Waals surface area contributed by atoms with Gasteiger partial charge in [-0.15, -0.1) is 0 Å². The normalized spacial score (nSPS) is 17.3. The number of amides is 1.